The van der Waals surface area contributed by atoms with E-state index in [9.17, 15) is 18.0 Å². The molecule has 1 heterocycles. The molecule has 9 heteroatoms. The number of carbonyl (C=O) groups excluding carboxylic acids is 2. The van der Waals surface area contributed by atoms with Gasteiger partial charge in [0.2, 0.25) is 15.9 Å². The molecule has 148 valence electrons. The highest BCUT2D eigenvalue weighted by Gasteiger charge is 2.32. The molecule has 2 N–H and O–H groups in total. The summed E-state index contributed by atoms with van der Waals surface area (Å²) in [4.78, 5) is 24.5. The number of anilines is 2. The van der Waals surface area contributed by atoms with Crippen molar-refractivity contribution in [1.29, 1.82) is 0 Å². The number of rotatable bonds is 5. The van der Waals surface area contributed by atoms with Gasteiger partial charge in [0.15, 0.2) is 0 Å². The van der Waals surface area contributed by atoms with Gasteiger partial charge in [-0.25, -0.2) is 8.42 Å². The molecular formula is C19H20BrN3O4S. The lowest BCUT2D eigenvalue weighted by molar-refractivity contribution is -0.115. The van der Waals surface area contributed by atoms with Crippen molar-refractivity contribution in [2.45, 2.75) is 19.4 Å². The van der Waals surface area contributed by atoms with Gasteiger partial charge in [0.25, 0.3) is 5.91 Å². The number of hydrogen-bond donors (Lipinski definition) is 2. The SMILES string of the molecule is CC1Cc2cc(C(=O)NCC(=O)Nc3ccccc3Br)ccc2N1S(C)(=O)=O. The Bertz CT molecular complexity index is 1040. The van der Waals surface area contributed by atoms with Crippen molar-refractivity contribution >= 4 is 49.1 Å². The van der Waals surface area contributed by atoms with Crippen molar-refractivity contribution in [1.82, 2.24) is 5.32 Å². The highest BCUT2D eigenvalue weighted by molar-refractivity contribution is 9.10. The molecule has 0 saturated carbocycles. The van der Waals surface area contributed by atoms with Crippen LogP contribution in [-0.4, -0.2) is 39.1 Å². The molecule has 2 aromatic carbocycles. The Morgan fingerprint density at radius 1 is 1.21 bits per heavy atom. The minimum absolute atomic E-state index is 0.177. The van der Waals surface area contributed by atoms with Crippen LogP contribution in [0.5, 0.6) is 0 Å². The van der Waals surface area contributed by atoms with Crippen LogP contribution in [-0.2, 0) is 21.2 Å². The van der Waals surface area contributed by atoms with Crippen LogP contribution >= 0.6 is 15.9 Å². The summed E-state index contributed by atoms with van der Waals surface area (Å²) >= 11 is 3.34. The summed E-state index contributed by atoms with van der Waals surface area (Å²) in [7, 11) is -3.38. The third-order valence-corrected chi connectivity index (χ3v) is 6.37. The van der Waals surface area contributed by atoms with Crippen LogP contribution in [0.25, 0.3) is 0 Å². The predicted molar refractivity (Wildman–Crippen MR) is 112 cm³/mol. The quantitative estimate of drug-likeness (QED) is 0.708. The Morgan fingerprint density at radius 3 is 2.61 bits per heavy atom. The number of halogens is 1. The second-order valence-electron chi connectivity index (χ2n) is 6.67. The summed E-state index contributed by atoms with van der Waals surface area (Å²) in [5.41, 5.74) is 2.39. The number of amides is 2. The fourth-order valence-corrected chi connectivity index (χ4v) is 4.92. The van der Waals surface area contributed by atoms with Crippen molar-refractivity contribution in [3.8, 4) is 0 Å². The summed E-state index contributed by atoms with van der Waals surface area (Å²) in [6.45, 7) is 1.65. The monoisotopic (exact) mass is 465 g/mol. The standard InChI is InChI=1S/C19H20BrN3O4S/c1-12-9-14-10-13(7-8-17(14)23(12)28(2,26)27)19(25)21-11-18(24)22-16-6-4-3-5-15(16)20/h3-8,10,12H,9,11H2,1-2H3,(H,21,25)(H,22,24). The Morgan fingerprint density at radius 2 is 1.93 bits per heavy atom. The van der Waals surface area contributed by atoms with Gasteiger partial charge in [0, 0.05) is 16.1 Å². The summed E-state index contributed by atoms with van der Waals surface area (Å²) < 4.78 is 26.1. The van der Waals surface area contributed by atoms with E-state index >= 15 is 0 Å². The largest absolute Gasteiger partial charge is 0.343 e. The number of benzene rings is 2. The molecule has 0 bridgehead atoms. The highest BCUT2D eigenvalue weighted by atomic mass is 79.9. The van der Waals surface area contributed by atoms with Crippen LogP contribution < -0.4 is 14.9 Å². The van der Waals surface area contributed by atoms with E-state index in [2.05, 4.69) is 26.6 Å². The van der Waals surface area contributed by atoms with Gasteiger partial charge in [-0.2, -0.15) is 0 Å². The first-order valence-corrected chi connectivity index (χ1v) is 11.3. The second kappa shape index (κ2) is 7.92. The van der Waals surface area contributed by atoms with Gasteiger partial charge in [0.05, 0.1) is 24.2 Å². The van der Waals surface area contributed by atoms with E-state index in [1.165, 1.54) is 10.6 Å². The summed E-state index contributed by atoms with van der Waals surface area (Å²) in [6.07, 6.45) is 1.70. The van der Waals surface area contributed by atoms with Gasteiger partial charge in [-0.05, 0) is 65.2 Å². The van der Waals surface area contributed by atoms with E-state index in [4.69, 9.17) is 0 Å². The van der Waals surface area contributed by atoms with E-state index in [0.717, 1.165) is 10.0 Å². The molecule has 28 heavy (non-hydrogen) atoms. The van der Waals surface area contributed by atoms with E-state index in [1.54, 1.807) is 36.4 Å². The maximum atomic E-state index is 12.4. The number of para-hydroxylation sites is 1. The Balaban J connectivity index is 1.65. The number of carbonyl (C=O) groups is 2. The van der Waals surface area contributed by atoms with Crippen molar-refractivity contribution in [2.24, 2.45) is 0 Å². The maximum absolute atomic E-state index is 12.4. The van der Waals surface area contributed by atoms with E-state index in [1.807, 2.05) is 13.0 Å². The zero-order chi connectivity index (χ0) is 20.5. The Hall–Kier alpha value is -2.39. The van der Waals surface area contributed by atoms with Gasteiger partial charge in [-0.1, -0.05) is 12.1 Å². The molecule has 1 aliphatic rings. The molecule has 2 aromatic rings. The number of hydrogen-bond acceptors (Lipinski definition) is 4. The van der Waals surface area contributed by atoms with Gasteiger partial charge in [0.1, 0.15) is 0 Å². The highest BCUT2D eigenvalue weighted by Crippen LogP contribution is 2.34. The average Bonchev–Trinajstić information content (AvgIpc) is 2.96. The normalized spacial score (nSPS) is 15.8. The number of nitrogens with one attached hydrogen (secondary N) is 2. The third kappa shape index (κ3) is 4.36. The first kappa shape index (κ1) is 20.3. The molecule has 1 aliphatic heterocycles. The zero-order valence-corrected chi connectivity index (χ0v) is 17.8. The van der Waals surface area contributed by atoms with Crippen LogP contribution in [0.2, 0.25) is 0 Å². The number of sulfonamides is 1. The second-order valence-corrected chi connectivity index (χ2v) is 9.38. The first-order valence-electron chi connectivity index (χ1n) is 8.61. The molecule has 0 aliphatic carbocycles. The summed E-state index contributed by atoms with van der Waals surface area (Å²) in [6, 6.07) is 11.9. The van der Waals surface area contributed by atoms with Crippen LogP contribution in [0.3, 0.4) is 0 Å². The van der Waals surface area contributed by atoms with Gasteiger partial charge >= 0.3 is 0 Å². The molecule has 1 unspecified atom stereocenters. The van der Waals surface area contributed by atoms with E-state index in [0.29, 0.717) is 23.4 Å². The van der Waals surface area contributed by atoms with Crippen LogP contribution in [0, 0.1) is 0 Å². The van der Waals surface area contributed by atoms with Crippen LogP contribution in [0.4, 0.5) is 11.4 Å². The average molecular weight is 466 g/mol. The van der Waals surface area contributed by atoms with Crippen molar-refractivity contribution in [2.75, 3.05) is 22.4 Å². The minimum Gasteiger partial charge on any atom is -0.343 e. The van der Waals surface area contributed by atoms with E-state index < -0.39 is 15.9 Å². The zero-order valence-electron chi connectivity index (χ0n) is 15.4. The first-order chi connectivity index (χ1) is 13.2. The summed E-state index contributed by atoms with van der Waals surface area (Å²) in [5, 5.41) is 5.30. The molecule has 0 aromatic heterocycles. The Kier molecular flexibility index (Phi) is 5.76. The fourth-order valence-electron chi connectivity index (χ4n) is 3.27. The molecular weight excluding hydrogens is 446 g/mol. The van der Waals surface area contributed by atoms with Gasteiger partial charge in [-0.3, -0.25) is 13.9 Å². The van der Waals surface area contributed by atoms with Crippen LogP contribution in [0.1, 0.15) is 22.8 Å². The number of nitrogens with zero attached hydrogens (tertiary/aromatic N) is 1. The molecule has 0 saturated heterocycles. The molecule has 3 rings (SSSR count). The third-order valence-electron chi connectivity index (χ3n) is 4.41. The maximum Gasteiger partial charge on any atom is 0.251 e. The lowest BCUT2D eigenvalue weighted by Gasteiger charge is -2.21. The van der Waals surface area contributed by atoms with E-state index in [-0.39, 0.29) is 18.5 Å². The van der Waals surface area contributed by atoms with Crippen molar-refractivity contribution in [3.05, 3.63) is 58.1 Å². The molecule has 1 atom stereocenters. The van der Waals surface area contributed by atoms with Crippen molar-refractivity contribution < 1.29 is 18.0 Å². The van der Waals surface area contributed by atoms with Gasteiger partial charge in [-0.15, -0.1) is 0 Å². The lowest BCUT2D eigenvalue weighted by Crippen LogP contribution is -2.34. The minimum atomic E-state index is -3.38. The smallest absolute Gasteiger partial charge is 0.251 e. The molecule has 0 fully saturated rings. The topological polar surface area (TPSA) is 95.6 Å². The molecule has 0 spiro atoms. The lowest BCUT2D eigenvalue weighted by atomic mass is 10.1. The number of fused-ring (bicyclic) bond motifs is 1. The molecule has 7 nitrogen and oxygen atoms in total. The summed E-state index contributed by atoms with van der Waals surface area (Å²) in [5.74, 6) is -0.742. The van der Waals surface area contributed by atoms with Crippen LogP contribution in [0.15, 0.2) is 46.9 Å². The van der Waals surface area contributed by atoms with Gasteiger partial charge < -0.3 is 10.6 Å². The van der Waals surface area contributed by atoms with Crippen molar-refractivity contribution in [3.63, 3.8) is 0 Å². The molecule has 2 amide bonds. The predicted octanol–water partition coefficient (Wildman–Crippen LogP) is 2.53. The fraction of sp³-hybridized carbons (Fsp3) is 0.263. The Labute approximate surface area is 172 Å². The molecule has 0 radical (unpaired) electrons.